The highest BCUT2D eigenvalue weighted by Gasteiger charge is 2.11. The lowest BCUT2D eigenvalue weighted by molar-refractivity contribution is 0.563. The molecule has 0 aliphatic heterocycles. The molecule has 0 bridgehead atoms. The molecule has 3 aromatic rings. The van der Waals surface area contributed by atoms with Crippen molar-refractivity contribution in [1.29, 1.82) is 0 Å². The summed E-state index contributed by atoms with van der Waals surface area (Å²) in [5.41, 5.74) is 2.99. The van der Waals surface area contributed by atoms with Gasteiger partial charge in [-0.15, -0.1) is 0 Å². The van der Waals surface area contributed by atoms with Crippen LogP contribution in [0.15, 0.2) is 53.6 Å². The number of hydrogen-bond acceptors (Lipinski definition) is 5. The molecular formula is C17H18N4O. The summed E-state index contributed by atoms with van der Waals surface area (Å²) in [6, 6.07) is 7.84. The minimum Gasteiger partial charge on any atom is -0.472 e. The van der Waals surface area contributed by atoms with Crippen LogP contribution in [0.2, 0.25) is 0 Å². The molecule has 0 N–H and O–H groups in total. The molecule has 5 heteroatoms. The molecule has 0 aliphatic carbocycles. The van der Waals surface area contributed by atoms with Crippen molar-refractivity contribution in [2.24, 2.45) is 0 Å². The van der Waals surface area contributed by atoms with Crippen LogP contribution in [0.5, 0.6) is 0 Å². The second kappa shape index (κ2) is 6.39. The predicted molar refractivity (Wildman–Crippen MR) is 85.4 cm³/mol. The Labute approximate surface area is 129 Å². The average molecular weight is 294 g/mol. The maximum absolute atomic E-state index is 5.14. The van der Waals surface area contributed by atoms with Gasteiger partial charge in [-0.1, -0.05) is 0 Å². The fourth-order valence-electron chi connectivity index (χ4n) is 2.30. The first-order valence-electron chi connectivity index (χ1n) is 7.28. The van der Waals surface area contributed by atoms with Gasteiger partial charge in [-0.3, -0.25) is 4.98 Å². The molecule has 3 rings (SSSR count). The Hall–Kier alpha value is -2.69. The maximum Gasteiger partial charge on any atom is 0.163 e. The number of anilines is 1. The number of pyridine rings is 1. The monoisotopic (exact) mass is 294 g/mol. The predicted octanol–water partition coefficient (Wildman–Crippen LogP) is 3.47. The number of nitrogens with zero attached hydrogens (tertiary/aromatic N) is 4. The van der Waals surface area contributed by atoms with Gasteiger partial charge < -0.3 is 9.32 Å². The number of furan rings is 1. The molecule has 0 amide bonds. The molecule has 0 fully saturated rings. The van der Waals surface area contributed by atoms with Gasteiger partial charge in [-0.05, 0) is 32.0 Å². The first-order valence-corrected chi connectivity index (χ1v) is 7.28. The van der Waals surface area contributed by atoms with Crippen molar-refractivity contribution in [1.82, 2.24) is 15.0 Å². The van der Waals surface area contributed by atoms with Crippen molar-refractivity contribution in [3.8, 4) is 11.4 Å². The van der Waals surface area contributed by atoms with Gasteiger partial charge in [0, 0.05) is 48.4 Å². The van der Waals surface area contributed by atoms with Crippen molar-refractivity contribution in [2.45, 2.75) is 20.4 Å². The van der Waals surface area contributed by atoms with E-state index in [0.29, 0.717) is 5.82 Å². The Morgan fingerprint density at radius 2 is 2.14 bits per heavy atom. The Morgan fingerprint density at radius 1 is 1.23 bits per heavy atom. The van der Waals surface area contributed by atoms with E-state index >= 15 is 0 Å². The van der Waals surface area contributed by atoms with Gasteiger partial charge >= 0.3 is 0 Å². The third-order valence-electron chi connectivity index (χ3n) is 3.42. The topological polar surface area (TPSA) is 55.1 Å². The second-order valence-corrected chi connectivity index (χ2v) is 5.08. The smallest absolute Gasteiger partial charge is 0.163 e. The highest BCUT2D eigenvalue weighted by atomic mass is 16.3. The Kier molecular flexibility index (Phi) is 4.14. The van der Waals surface area contributed by atoms with Crippen LogP contribution < -0.4 is 4.90 Å². The molecule has 0 radical (unpaired) electrons. The normalized spacial score (nSPS) is 10.6. The highest BCUT2D eigenvalue weighted by molar-refractivity contribution is 5.56. The van der Waals surface area contributed by atoms with Crippen molar-refractivity contribution in [2.75, 3.05) is 11.4 Å². The van der Waals surface area contributed by atoms with Crippen molar-refractivity contribution < 1.29 is 4.42 Å². The molecule has 3 heterocycles. The Bertz CT molecular complexity index is 726. The molecule has 112 valence electrons. The van der Waals surface area contributed by atoms with Crippen LogP contribution in [0.3, 0.4) is 0 Å². The first-order chi connectivity index (χ1) is 10.8. The summed E-state index contributed by atoms with van der Waals surface area (Å²) in [6.45, 7) is 5.71. The van der Waals surface area contributed by atoms with E-state index in [1.165, 1.54) is 0 Å². The molecule has 22 heavy (non-hydrogen) atoms. The van der Waals surface area contributed by atoms with Crippen molar-refractivity contribution >= 4 is 5.82 Å². The van der Waals surface area contributed by atoms with Crippen LogP contribution in [0.1, 0.15) is 18.2 Å². The Morgan fingerprint density at radius 3 is 2.82 bits per heavy atom. The molecule has 0 unspecified atom stereocenters. The van der Waals surface area contributed by atoms with Crippen LogP contribution in [0.25, 0.3) is 11.4 Å². The standard InChI is InChI=1S/C17H18N4O/c1-3-21(11-14-6-8-22-12-14)16-9-13(2)19-17(20-16)15-5-4-7-18-10-15/h4-10,12H,3,11H2,1-2H3. The number of aryl methyl sites for hydroxylation is 1. The van der Waals surface area contributed by atoms with Gasteiger partial charge in [0.1, 0.15) is 5.82 Å². The van der Waals surface area contributed by atoms with Crippen LogP contribution in [0, 0.1) is 6.92 Å². The van der Waals surface area contributed by atoms with Crippen LogP contribution in [0.4, 0.5) is 5.82 Å². The van der Waals surface area contributed by atoms with E-state index in [4.69, 9.17) is 9.40 Å². The summed E-state index contributed by atoms with van der Waals surface area (Å²) in [5.74, 6) is 1.61. The van der Waals surface area contributed by atoms with Gasteiger partial charge in [0.2, 0.25) is 0 Å². The van der Waals surface area contributed by atoms with Gasteiger partial charge in [0.15, 0.2) is 5.82 Å². The zero-order valence-corrected chi connectivity index (χ0v) is 12.7. The van der Waals surface area contributed by atoms with Gasteiger partial charge in [0.05, 0.1) is 12.5 Å². The van der Waals surface area contributed by atoms with E-state index in [-0.39, 0.29) is 0 Å². The maximum atomic E-state index is 5.14. The van der Waals surface area contributed by atoms with E-state index in [2.05, 4.69) is 21.8 Å². The molecule has 0 aromatic carbocycles. The summed E-state index contributed by atoms with van der Waals surface area (Å²) in [4.78, 5) is 15.6. The van der Waals surface area contributed by atoms with E-state index < -0.39 is 0 Å². The average Bonchev–Trinajstić information content (AvgIpc) is 3.06. The van der Waals surface area contributed by atoms with Gasteiger partial charge in [-0.25, -0.2) is 9.97 Å². The van der Waals surface area contributed by atoms with E-state index in [9.17, 15) is 0 Å². The number of aromatic nitrogens is 3. The number of rotatable bonds is 5. The lowest BCUT2D eigenvalue weighted by atomic mass is 10.2. The third-order valence-corrected chi connectivity index (χ3v) is 3.42. The van der Waals surface area contributed by atoms with Crippen molar-refractivity contribution in [3.05, 3.63) is 60.4 Å². The van der Waals surface area contributed by atoms with Crippen molar-refractivity contribution in [3.63, 3.8) is 0 Å². The third kappa shape index (κ3) is 3.14. The fraction of sp³-hybridized carbons (Fsp3) is 0.235. The van der Waals surface area contributed by atoms with Crippen LogP contribution in [-0.4, -0.2) is 21.5 Å². The first kappa shape index (κ1) is 14.3. The molecule has 0 spiro atoms. The molecule has 0 saturated heterocycles. The SMILES string of the molecule is CCN(Cc1ccoc1)c1cc(C)nc(-c2cccnc2)n1. The van der Waals surface area contributed by atoms with Gasteiger partial charge in [0.25, 0.3) is 0 Å². The molecule has 5 nitrogen and oxygen atoms in total. The highest BCUT2D eigenvalue weighted by Crippen LogP contribution is 2.21. The number of hydrogen-bond donors (Lipinski definition) is 0. The van der Waals surface area contributed by atoms with Gasteiger partial charge in [-0.2, -0.15) is 0 Å². The molecule has 0 aliphatic rings. The molecular weight excluding hydrogens is 276 g/mol. The minimum absolute atomic E-state index is 0.703. The summed E-state index contributed by atoms with van der Waals surface area (Å²) in [5, 5.41) is 0. The molecule has 0 saturated carbocycles. The van der Waals surface area contributed by atoms with Crippen LogP contribution >= 0.6 is 0 Å². The van der Waals surface area contributed by atoms with E-state index in [0.717, 1.165) is 35.7 Å². The van der Waals surface area contributed by atoms with Crippen LogP contribution in [-0.2, 0) is 6.54 Å². The quantitative estimate of drug-likeness (QED) is 0.721. The minimum atomic E-state index is 0.703. The van der Waals surface area contributed by atoms with E-state index in [1.54, 1.807) is 24.9 Å². The second-order valence-electron chi connectivity index (χ2n) is 5.08. The molecule has 0 atom stereocenters. The summed E-state index contributed by atoms with van der Waals surface area (Å²) in [6.07, 6.45) is 6.98. The zero-order valence-electron chi connectivity index (χ0n) is 12.7. The summed E-state index contributed by atoms with van der Waals surface area (Å²) in [7, 11) is 0. The zero-order chi connectivity index (χ0) is 15.4. The summed E-state index contributed by atoms with van der Waals surface area (Å²) >= 11 is 0. The molecule has 3 aromatic heterocycles. The fourth-order valence-corrected chi connectivity index (χ4v) is 2.30. The Balaban J connectivity index is 1.94. The lowest BCUT2D eigenvalue weighted by Gasteiger charge is -2.22. The summed E-state index contributed by atoms with van der Waals surface area (Å²) < 4.78 is 5.14. The lowest BCUT2D eigenvalue weighted by Crippen LogP contribution is -2.23. The van der Waals surface area contributed by atoms with E-state index in [1.807, 2.05) is 31.2 Å². The largest absolute Gasteiger partial charge is 0.472 e.